The number of hydrogen-bond acceptors (Lipinski definition) is 5. The van der Waals surface area contributed by atoms with Crippen molar-refractivity contribution >= 4 is 5.91 Å². The van der Waals surface area contributed by atoms with E-state index < -0.39 is 0 Å². The number of rotatable bonds is 3. The maximum absolute atomic E-state index is 11.7. The van der Waals surface area contributed by atoms with Crippen LogP contribution in [-0.2, 0) is 9.53 Å². The van der Waals surface area contributed by atoms with Crippen molar-refractivity contribution in [2.24, 2.45) is 0 Å². The highest BCUT2D eigenvalue weighted by molar-refractivity contribution is 5.87. The molecule has 17 heavy (non-hydrogen) atoms. The zero-order chi connectivity index (χ0) is 12.4. The first kappa shape index (κ1) is 11.8. The molecule has 2 heterocycles. The van der Waals surface area contributed by atoms with Crippen molar-refractivity contribution < 1.29 is 14.1 Å². The molecule has 0 N–H and O–H groups in total. The smallest absolute Gasteiger partial charge is 0.249 e. The molecule has 0 aromatic carbocycles. The molecule has 1 saturated heterocycles. The summed E-state index contributed by atoms with van der Waals surface area (Å²) < 4.78 is 10.4. The largest absolute Gasteiger partial charge is 0.380 e. The molecule has 0 bridgehead atoms. The van der Waals surface area contributed by atoms with Gasteiger partial charge in [-0.15, -0.1) is 0 Å². The quantitative estimate of drug-likeness (QED) is 0.729. The van der Waals surface area contributed by atoms with Crippen LogP contribution < -0.4 is 0 Å². The summed E-state index contributed by atoms with van der Waals surface area (Å²) in [5, 5.41) is 3.74. The predicted molar refractivity (Wildman–Crippen MR) is 59.1 cm³/mol. The van der Waals surface area contributed by atoms with Gasteiger partial charge in [0.05, 0.1) is 6.10 Å². The lowest BCUT2D eigenvalue weighted by atomic mass is 10.2. The van der Waals surface area contributed by atoms with Crippen LogP contribution in [0.25, 0.3) is 0 Å². The van der Waals surface area contributed by atoms with Gasteiger partial charge in [0.15, 0.2) is 5.82 Å². The van der Waals surface area contributed by atoms with E-state index in [2.05, 4.69) is 16.7 Å². The van der Waals surface area contributed by atoms with Crippen molar-refractivity contribution in [2.45, 2.75) is 25.5 Å². The maximum Gasteiger partial charge on any atom is 0.249 e. The summed E-state index contributed by atoms with van der Waals surface area (Å²) in [5.74, 6) is 0.870. The fourth-order valence-electron chi connectivity index (χ4n) is 2.01. The van der Waals surface area contributed by atoms with E-state index in [1.165, 1.54) is 6.08 Å². The van der Waals surface area contributed by atoms with E-state index in [0.29, 0.717) is 24.7 Å². The van der Waals surface area contributed by atoms with Gasteiger partial charge in [0, 0.05) is 20.1 Å². The van der Waals surface area contributed by atoms with Gasteiger partial charge < -0.3 is 14.2 Å². The van der Waals surface area contributed by atoms with E-state index in [9.17, 15) is 4.79 Å². The van der Waals surface area contributed by atoms with Gasteiger partial charge in [-0.05, 0) is 13.0 Å². The van der Waals surface area contributed by atoms with Crippen molar-refractivity contribution in [3.8, 4) is 0 Å². The number of carbonyl (C=O) groups is 1. The van der Waals surface area contributed by atoms with Gasteiger partial charge in [0.2, 0.25) is 11.8 Å². The lowest BCUT2D eigenvalue weighted by molar-refractivity contribution is -0.127. The Kier molecular flexibility index (Phi) is 3.23. The molecule has 6 heteroatoms. The van der Waals surface area contributed by atoms with Gasteiger partial charge in [-0.25, -0.2) is 0 Å². The zero-order valence-corrected chi connectivity index (χ0v) is 9.92. The average Bonchev–Trinajstić information content (AvgIpc) is 2.93. The summed E-state index contributed by atoms with van der Waals surface area (Å²) in [6, 6.07) is -0.216. The average molecular weight is 237 g/mol. The third-order valence-corrected chi connectivity index (χ3v) is 2.88. The molecule has 0 spiro atoms. The Morgan fingerprint density at radius 1 is 1.71 bits per heavy atom. The third-order valence-electron chi connectivity index (χ3n) is 2.88. The van der Waals surface area contributed by atoms with Crippen LogP contribution in [0.15, 0.2) is 17.2 Å². The highest BCUT2D eigenvalue weighted by atomic mass is 16.5. The minimum Gasteiger partial charge on any atom is -0.380 e. The topological polar surface area (TPSA) is 68.5 Å². The van der Waals surface area contributed by atoms with E-state index in [4.69, 9.17) is 9.26 Å². The van der Waals surface area contributed by atoms with Crippen molar-refractivity contribution in [3.63, 3.8) is 0 Å². The minimum atomic E-state index is -0.216. The molecule has 1 fully saturated rings. The molecule has 0 radical (unpaired) electrons. The summed E-state index contributed by atoms with van der Waals surface area (Å²) in [4.78, 5) is 17.5. The first-order chi connectivity index (χ1) is 8.15. The number of likely N-dealkylation sites (tertiary alicyclic amines) is 1. The number of ether oxygens (including phenoxy) is 1. The zero-order valence-electron chi connectivity index (χ0n) is 9.92. The highest BCUT2D eigenvalue weighted by Gasteiger charge is 2.38. The standard InChI is InChI=1S/C11H15N3O3/c1-4-10(15)14-6-8(16-3)5-9(14)11-12-7(2)13-17-11/h4,8-9H,1,5-6H2,2-3H3/t8-,9+/m0/s1. The van der Waals surface area contributed by atoms with Crippen LogP contribution in [0.5, 0.6) is 0 Å². The normalized spacial score (nSPS) is 24.0. The van der Waals surface area contributed by atoms with Gasteiger partial charge in [-0.2, -0.15) is 4.98 Å². The van der Waals surface area contributed by atoms with Crippen LogP contribution in [-0.4, -0.2) is 40.7 Å². The fraction of sp³-hybridized carbons (Fsp3) is 0.545. The lowest BCUT2D eigenvalue weighted by Gasteiger charge is -2.19. The van der Waals surface area contributed by atoms with E-state index in [1.807, 2.05) is 0 Å². The Labute approximate surface area is 99.2 Å². The number of carbonyl (C=O) groups excluding carboxylic acids is 1. The summed E-state index contributed by atoms with van der Waals surface area (Å²) >= 11 is 0. The first-order valence-corrected chi connectivity index (χ1v) is 5.41. The number of aromatic nitrogens is 2. The minimum absolute atomic E-state index is 0.00361. The molecular weight excluding hydrogens is 222 g/mol. The SMILES string of the molecule is C=CC(=O)N1C[C@@H](OC)C[C@@H]1c1nc(C)no1. The van der Waals surface area contributed by atoms with Crippen LogP contribution in [0.3, 0.4) is 0 Å². The van der Waals surface area contributed by atoms with Crippen molar-refractivity contribution in [1.29, 1.82) is 0 Å². The van der Waals surface area contributed by atoms with E-state index >= 15 is 0 Å². The number of methoxy groups -OCH3 is 1. The molecule has 1 aliphatic rings. The second-order valence-electron chi connectivity index (χ2n) is 3.98. The molecular formula is C11H15N3O3. The molecule has 92 valence electrons. The summed E-state index contributed by atoms with van der Waals surface area (Å²) in [7, 11) is 1.63. The Balaban J connectivity index is 2.23. The molecule has 0 aliphatic carbocycles. The maximum atomic E-state index is 11.7. The second kappa shape index (κ2) is 4.67. The first-order valence-electron chi connectivity index (χ1n) is 5.41. The van der Waals surface area contributed by atoms with Gasteiger partial charge in [-0.1, -0.05) is 11.7 Å². The molecule has 1 amide bonds. The lowest BCUT2D eigenvalue weighted by Crippen LogP contribution is -2.30. The third kappa shape index (κ3) is 2.21. The van der Waals surface area contributed by atoms with Crippen LogP contribution in [0.2, 0.25) is 0 Å². The number of hydrogen-bond donors (Lipinski definition) is 0. The van der Waals surface area contributed by atoms with Gasteiger partial charge in [0.1, 0.15) is 6.04 Å². The van der Waals surface area contributed by atoms with Crippen molar-refractivity contribution in [3.05, 3.63) is 24.4 Å². The van der Waals surface area contributed by atoms with E-state index in [0.717, 1.165) is 0 Å². The van der Waals surface area contributed by atoms with Crippen LogP contribution in [0.4, 0.5) is 0 Å². The Morgan fingerprint density at radius 2 is 2.47 bits per heavy atom. The van der Waals surface area contributed by atoms with Crippen LogP contribution in [0, 0.1) is 6.92 Å². The Morgan fingerprint density at radius 3 is 3.00 bits per heavy atom. The molecule has 6 nitrogen and oxygen atoms in total. The van der Waals surface area contributed by atoms with Gasteiger partial charge in [0.25, 0.3) is 0 Å². The molecule has 1 aromatic rings. The molecule has 2 rings (SSSR count). The summed E-state index contributed by atoms with van der Waals surface area (Å²) in [6.07, 6.45) is 1.95. The number of nitrogens with zero attached hydrogens (tertiary/aromatic N) is 3. The molecule has 1 aromatic heterocycles. The summed E-state index contributed by atoms with van der Waals surface area (Å²) in [6.45, 7) is 5.76. The molecule has 2 atom stereocenters. The molecule has 0 unspecified atom stereocenters. The fourth-order valence-corrected chi connectivity index (χ4v) is 2.01. The monoisotopic (exact) mass is 237 g/mol. The van der Waals surface area contributed by atoms with E-state index in [1.54, 1.807) is 18.9 Å². The highest BCUT2D eigenvalue weighted by Crippen LogP contribution is 2.32. The van der Waals surface area contributed by atoms with Crippen molar-refractivity contribution in [1.82, 2.24) is 15.0 Å². The van der Waals surface area contributed by atoms with Crippen LogP contribution in [0.1, 0.15) is 24.2 Å². The Hall–Kier alpha value is -1.69. The predicted octanol–water partition coefficient (Wildman–Crippen LogP) is 0.852. The number of amides is 1. The van der Waals surface area contributed by atoms with Gasteiger partial charge >= 0.3 is 0 Å². The van der Waals surface area contributed by atoms with Crippen molar-refractivity contribution in [2.75, 3.05) is 13.7 Å². The van der Waals surface area contributed by atoms with E-state index in [-0.39, 0.29) is 18.1 Å². The second-order valence-corrected chi connectivity index (χ2v) is 3.98. The molecule has 1 aliphatic heterocycles. The van der Waals surface area contributed by atoms with Gasteiger partial charge in [-0.3, -0.25) is 4.79 Å². The Bertz CT molecular complexity index is 429. The number of aryl methyl sites for hydroxylation is 1. The molecule has 0 saturated carbocycles. The van der Waals surface area contributed by atoms with Crippen LogP contribution >= 0.6 is 0 Å². The summed E-state index contributed by atoms with van der Waals surface area (Å²) in [5.41, 5.74) is 0.